The van der Waals surface area contributed by atoms with E-state index in [1.54, 1.807) is 18.2 Å². The van der Waals surface area contributed by atoms with E-state index >= 15 is 0 Å². The molecule has 0 fully saturated rings. The van der Waals surface area contributed by atoms with Gasteiger partial charge in [-0.15, -0.1) is 6.58 Å². The minimum absolute atomic E-state index is 0.310. The van der Waals surface area contributed by atoms with Crippen molar-refractivity contribution in [2.24, 2.45) is 5.73 Å². The number of nitrogens with zero attached hydrogens (tertiary/aromatic N) is 1. The van der Waals surface area contributed by atoms with Crippen LogP contribution in [0.4, 0.5) is 4.39 Å². The highest BCUT2D eigenvalue weighted by atomic mass is 35.5. The second-order valence-electron chi connectivity index (χ2n) is 5.00. The molecule has 3 aromatic rings. The number of benzene rings is 2. The quantitative estimate of drug-likeness (QED) is 0.700. The SMILES string of the molecule is C=C[C@H](N)c1nc2cccc(Cl)c2cc1-c1cccc(F)c1. The van der Waals surface area contributed by atoms with Crippen molar-refractivity contribution >= 4 is 22.5 Å². The Labute approximate surface area is 133 Å². The van der Waals surface area contributed by atoms with Gasteiger partial charge >= 0.3 is 0 Å². The molecule has 0 aliphatic heterocycles. The molecular formula is C18H14ClFN2. The van der Waals surface area contributed by atoms with E-state index in [2.05, 4.69) is 11.6 Å². The van der Waals surface area contributed by atoms with Gasteiger partial charge in [-0.1, -0.05) is 35.9 Å². The number of hydrogen-bond donors (Lipinski definition) is 1. The lowest BCUT2D eigenvalue weighted by Crippen LogP contribution is -2.10. The smallest absolute Gasteiger partial charge is 0.123 e. The molecular weight excluding hydrogens is 299 g/mol. The van der Waals surface area contributed by atoms with Gasteiger partial charge in [-0.3, -0.25) is 4.98 Å². The Morgan fingerprint density at radius 3 is 2.68 bits per heavy atom. The molecule has 2 nitrogen and oxygen atoms in total. The van der Waals surface area contributed by atoms with Crippen molar-refractivity contribution in [1.29, 1.82) is 0 Å². The summed E-state index contributed by atoms with van der Waals surface area (Å²) in [6.45, 7) is 3.72. The maximum Gasteiger partial charge on any atom is 0.123 e. The van der Waals surface area contributed by atoms with Crippen molar-refractivity contribution in [3.63, 3.8) is 0 Å². The van der Waals surface area contributed by atoms with Gasteiger partial charge in [0, 0.05) is 16.0 Å². The van der Waals surface area contributed by atoms with Crippen LogP contribution in [0.3, 0.4) is 0 Å². The van der Waals surface area contributed by atoms with Crippen molar-refractivity contribution in [3.05, 3.63) is 77.7 Å². The van der Waals surface area contributed by atoms with Crippen LogP contribution >= 0.6 is 11.6 Å². The minimum Gasteiger partial charge on any atom is -0.319 e. The van der Waals surface area contributed by atoms with Crippen LogP contribution in [0.1, 0.15) is 11.7 Å². The predicted molar refractivity (Wildman–Crippen MR) is 89.3 cm³/mol. The summed E-state index contributed by atoms with van der Waals surface area (Å²) >= 11 is 6.25. The second kappa shape index (κ2) is 5.87. The van der Waals surface area contributed by atoms with Crippen molar-refractivity contribution in [3.8, 4) is 11.1 Å². The molecule has 2 aromatic carbocycles. The lowest BCUT2D eigenvalue weighted by Gasteiger charge is -2.15. The van der Waals surface area contributed by atoms with Crippen molar-refractivity contribution < 1.29 is 4.39 Å². The predicted octanol–water partition coefficient (Wildman–Crippen LogP) is 4.88. The number of fused-ring (bicyclic) bond motifs is 1. The van der Waals surface area contributed by atoms with Gasteiger partial charge in [0.2, 0.25) is 0 Å². The molecule has 1 atom stereocenters. The summed E-state index contributed by atoms with van der Waals surface area (Å²) in [5.41, 5.74) is 8.96. The zero-order chi connectivity index (χ0) is 15.7. The summed E-state index contributed by atoms with van der Waals surface area (Å²) in [6.07, 6.45) is 1.61. The molecule has 4 heteroatoms. The van der Waals surface area contributed by atoms with Gasteiger partial charge in [0.05, 0.1) is 17.3 Å². The zero-order valence-corrected chi connectivity index (χ0v) is 12.5. The molecule has 22 heavy (non-hydrogen) atoms. The maximum atomic E-state index is 13.6. The fourth-order valence-electron chi connectivity index (χ4n) is 2.43. The molecule has 0 aliphatic carbocycles. The monoisotopic (exact) mass is 312 g/mol. The van der Waals surface area contributed by atoms with Gasteiger partial charge in [-0.25, -0.2) is 4.39 Å². The Balaban J connectivity index is 2.34. The summed E-state index contributed by atoms with van der Waals surface area (Å²) in [4.78, 5) is 4.61. The largest absolute Gasteiger partial charge is 0.319 e. The molecule has 0 unspecified atom stereocenters. The highest BCUT2D eigenvalue weighted by Gasteiger charge is 2.15. The Kier molecular flexibility index (Phi) is 3.92. The summed E-state index contributed by atoms with van der Waals surface area (Å²) in [6, 6.07) is 13.3. The molecule has 110 valence electrons. The molecule has 0 saturated carbocycles. The average Bonchev–Trinajstić information content (AvgIpc) is 2.53. The Bertz CT molecular complexity index is 861. The van der Waals surface area contributed by atoms with E-state index in [-0.39, 0.29) is 5.82 Å². The fourth-order valence-corrected chi connectivity index (χ4v) is 2.65. The molecule has 3 rings (SSSR count). The molecule has 0 radical (unpaired) electrons. The summed E-state index contributed by atoms with van der Waals surface area (Å²) < 4.78 is 13.6. The van der Waals surface area contributed by atoms with Crippen LogP contribution in [0.25, 0.3) is 22.0 Å². The van der Waals surface area contributed by atoms with Crippen LogP contribution in [-0.2, 0) is 0 Å². The summed E-state index contributed by atoms with van der Waals surface area (Å²) in [7, 11) is 0. The topological polar surface area (TPSA) is 38.9 Å². The number of nitrogens with two attached hydrogens (primary N) is 1. The molecule has 0 bridgehead atoms. The normalized spacial score (nSPS) is 12.3. The van der Waals surface area contributed by atoms with Gasteiger partial charge in [-0.2, -0.15) is 0 Å². The Morgan fingerprint density at radius 2 is 1.95 bits per heavy atom. The number of aromatic nitrogens is 1. The molecule has 1 aromatic heterocycles. The number of rotatable bonds is 3. The summed E-state index contributed by atoms with van der Waals surface area (Å²) in [5.74, 6) is -0.310. The average molecular weight is 313 g/mol. The molecule has 2 N–H and O–H groups in total. The van der Waals surface area contributed by atoms with E-state index in [0.717, 1.165) is 16.5 Å². The van der Waals surface area contributed by atoms with Gasteiger partial charge in [0.1, 0.15) is 5.82 Å². The van der Waals surface area contributed by atoms with Crippen molar-refractivity contribution in [2.45, 2.75) is 6.04 Å². The highest BCUT2D eigenvalue weighted by Crippen LogP contribution is 2.32. The number of hydrogen-bond acceptors (Lipinski definition) is 2. The third-order valence-electron chi connectivity index (χ3n) is 3.54. The van der Waals surface area contributed by atoms with E-state index in [0.29, 0.717) is 16.3 Å². The standard InChI is InChI=1S/C18H14ClFN2/c1-2-16(21)18-13(11-5-3-6-12(20)9-11)10-14-15(19)7-4-8-17(14)22-18/h2-10,16H,1,21H2/t16-/m0/s1. The van der Waals surface area contributed by atoms with E-state index < -0.39 is 6.04 Å². The first-order chi connectivity index (χ1) is 10.6. The van der Waals surface area contributed by atoms with Crippen LogP contribution in [-0.4, -0.2) is 4.98 Å². The second-order valence-corrected chi connectivity index (χ2v) is 5.41. The summed E-state index contributed by atoms with van der Waals surface area (Å²) in [5, 5.41) is 1.41. The van der Waals surface area contributed by atoms with Crippen LogP contribution in [0, 0.1) is 5.82 Å². The van der Waals surface area contributed by atoms with Crippen LogP contribution in [0.2, 0.25) is 5.02 Å². The zero-order valence-electron chi connectivity index (χ0n) is 11.8. The van der Waals surface area contributed by atoms with E-state index in [1.807, 2.05) is 24.3 Å². The number of pyridine rings is 1. The molecule has 0 saturated heterocycles. The highest BCUT2D eigenvalue weighted by molar-refractivity contribution is 6.35. The lowest BCUT2D eigenvalue weighted by atomic mass is 9.98. The van der Waals surface area contributed by atoms with Crippen LogP contribution in [0.15, 0.2) is 61.2 Å². The van der Waals surface area contributed by atoms with Gasteiger partial charge in [0.25, 0.3) is 0 Å². The third-order valence-corrected chi connectivity index (χ3v) is 3.87. The van der Waals surface area contributed by atoms with Gasteiger partial charge < -0.3 is 5.73 Å². The van der Waals surface area contributed by atoms with Crippen LogP contribution in [0.5, 0.6) is 0 Å². The first-order valence-electron chi connectivity index (χ1n) is 6.83. The fraction of sp³-hybridized carbons (Fsp3) is 0.0556. The molecule has 1 heterocycles. The number of halogens is 2. The van der Waals surface area contributed by atoms with Gasteiger partial charge in [-0.05, 0) is 35.9 Å². The first-order valence-corrected chi connectivity index (χ1v) is 7.21. The lowest BCUT2D eigenvalue weighted by molar-refractivity contribution is 0.628. The third kappa shape index (κ3) is 2.61. The van der Waals surface area contributed by atoms with Crippen LogP contribution < -0.4 is 5.73 Å². The minimum atomic E-state index is -0.443. The Hall–Kier alpha value is -2.23. The van der Waals surface area contributed by atoms with E-state index in [1.165, 1.54) is 12.1 Å². The first kappa shape index (κ1) is 14.7. The Morgan fingerprint density at radius 1 is 1.18 bits per heavy atom. The molecule has 0 amide bonds. The van der Waals surface area contributed by atoms with E-state index in [9.17, 15) is 4.39 Å². The maximum absolute atomic E-state index is 13.6. The van der Waals surface area contributed by atoms with Crippen molar-refractivity contribution in [1.82, 2.24) is 4.98 Å². The van der Waals surface area contributed by atoms with Crippen molar-refractivity contribution in [2.75, 3.05) is 0 Å². The molecule has 0 spiro atoms. The van der Waals surface area contributed by atoms with Gasteiger partial charge in [0.15, 0.2) is 0 Å². The van der Waals surface area contributed by atoms with E-state index in [4.69, 9.17) is 17.3 Å². The molecule has 0 aliphatic rings.